The van der Waals surface area contributed by atoms with Crippen molar-refractivity contribution in [3.63, 3.8) is 0 Å². The number of hydrogen-bond donors (Lipinski definition) is 1. The van der Waals surface area contributed by atoms with Gasteiger partial charge in [0.05, 0.1) is 0 Å². The lowest BCUT2D eigenvalue weighted by Crippen LogP contribution is -2.32. The molecule has 1 atom stereocenters. The van der Waals surface area contributed by atoms with Gasteiger partial charge in [0, 0.05) is 6.61 Å². The number of carboxylic acids is 1. The van der Waals surface area contributed by atoms with Crippen LogP contribution >= 0.6 is 0 Å². The van der Waals surface area contributed by atoms with E-state index in [1.54, 1.807) is 0 Å². The van der Waals surface area contributed by atoms with Crippen molar-refractivity contribution in [3.05, 3.63) is 0 Å². The Kier molecular flexibility index (Phi) is 6.59. The van der Waals surface area contributed by atoms with Crippen LogP contribution in [0.3, 0.4) is 0 Å². The highest BCUT2D eigenvalue weighted by molar-refractivity contribution is 5.72. The van der Waals surface area contributed by atoms with Gasteiger partial charge >= 0.3 is 5.97 Å². The van der Waals surface area contributed by atoms with E-state index in [-0.39, 0.29) is 5.92 Å². The standard InChI is InChI=1S/C10H20O3/c1-4-7-13-9(10(11)12)8(5-2)6-3/h8-9H,4-7H2,1-3H3,(H,11,12). The van der Waals surface area contributed by atoms with E-state index >= 15 is 0 Å². The second kappa shape index (κ2) is 6.89. The van der Waals surface area contributed by atoms with Crippen molar-refractivity contribution in [3.8, 4) is 0 Å². The van der Waals surface area contributed by atoms with Crippen LogP contribution < -0.4 is 0 Å². The van der Waals surface area contributed by atoms with Crippen molar-refractivity contribution in [1.82, 2.24) is 0 Å². The molecule has 0 aliphatic heterocycles. The zero-order chi connectivity index (χ0) is 10.3. The highest BCUT2D eigenvalue weighted by atomic mass is 16.5. The molecule has 0 aromatic rings. The molecule has 78 valence electrons. The van der Waals surface area contributed by atoms with Gasteiger partial charge in [-0.15, -0.1) is 0 Å². The Hall–Kier alpha value is -0.570. The van der Waals surface area contributed by atoms with E-state index in [0.717, 1.165) is 19.3 Å². The summed E-state index contributed by atoms with van der Waals surface area (Å²) in [7, 11) is 0. The number of carbonyl (C=O) groups is 1. The molecule has 0 rings (SSSR count). The number of aliphatic carboxylic acids is 1. The third-order valence-electron chi connectivity index (χ3n) is 2.22. The van der Waals surface area contributed by atoms with Crippen molar-refractivity contribution < 1.29 is 14.6 Å². The molecular weight excluding hydrogens is 168 g/mol. The Morgan fingerprint density at radius 3 is 2.15 bits per heavy atom. The summed E-state index contributed by atoms with van der Waals surface area (Å²) in [6.45, 7) is 6.51. The fraction of sp³-hybridized carbons (Fsp3) is 0.900. The molecule has 0 heterocycles. The minimum Gasteiger partial charge on any atom is -0.479 e. The van der Waals surface area contributed by atoms with E-state index in [1.165, 1.54) is 0 Å². The monoisotopic (exact) mass is 188 g/mol. The van der Waals surface area contributed by atoms with Crippen molar-refractivity contribution in [1.29, 1.82) is 0 Å². The lowest BCUT2D eigenvalue weighted by atomic mass is 9.96. The quantitative estimate of drug-likeness (QED) is 0.666. The molecule has 3 nitrogen and oxygen atoms in total. The summed E-state index contributed by atoms with van der Waals surface area (Å²) in [5.41, 5.74) is 0. The maximum atomic E-state index is 10.8. The van der Waals surface area contributed by atoms with Gasteiger partial charge in [0.15, 0.2) is 6.10 Å². The van der Waals surface area contributed by atoms with Gasteiger partial charge in [-0.2, -0.15) is 0 Å². The number of hydrogen-bond acceptors (Lipinski definition) is 2. The Morgan fingerprint density at radius 1 is 1.31 bits per heavy atom. The van der Waals surface area contributed by atoms with Gasteiger partial charge in [-0.05, 0) is 12.3 Å². The molecule has 1 N–H and O–H groups in total. The number of carboxylic acid groups (broad SMARTS) is 1. The SMILES string of the molecule is CCCOC(C(=O)O)C(CC)CC. The van der Waals surface area contributed by atoms with Gasteiger partial charge < -0.3 is 9.84 Å². The van der Waals surface area contributed by atoms with Crippen LogP contribution in [0.15, 0.2) is 0 Å². The molecule has 0 amide bonds. The summed E-state index contributed by atoms with van der Waals surface area (Å²) in [5, 5.41) is 8.91. The first-order valence-corrected chi connectivity index (χ1v) is 5.01. The third-order valence-corrected chi connectivity index (χ3v) is 2.22. The Labute approximate surface area is 80.1 Å². The summed E-state index contributed by atoms with van der Waals surface area (Å²) in [5.74, 6) is -0.689. The van der Waals surface area contributed by atoms with Gasteiger partial charge in [0.25, 0.3) is 0 Å². The molecule has 0 radical (unpaired) electrons. The third kappa shape index (κ3) is 4.27. The molecule has 0 spiro atoms. The van der Waals surface area contributed by atoms with Crippen molar-refractivity contribution >= 4 is 5.97 Å². The van der Waals surface area contributed by atoms with E-state index in [2.05, 4.69) is 0 Å². The van der Waals surface area contributed by atoms with Crippen LogP contribution in [0.2, 0.25) is 0 Å². The predicted octanol–water partition coefficient (Wildman–Crippen LogP) is 2.30. The maximum Gasteiger partial charge on any atom is 0.333 e. The summed E-state index contributed by atoms with van der Waals surface area (Å²) in [6.07, 6.45) is 1.97. The molecule has 0 fully saturated rings. The van der Waals surface area contributed by atoms with Crippen LogP contribution in [-0.2, 0) is 9.53 Å². The Balaban J connectivity index is 4.12. The lowest BCUT2D eigenvalue weighted by Gasteiger charge is -2.21. The van der Waals surface area contributed by atoms with Crippen molar-refractivity contribution in [2.75, 3.05) is 6.61 Å². The van der Waals surface area contributed by atoms with Crippen molar-refractivity contribution in [2.24, 2.45) is 5.92 Å². The lowest BCUT2D eigenvalue weighted by molar-refractivity contribution is -0.154. The van der Waals surface area contributed by atoms with Crippen LogP contribution in [-0.4, -0.2) is 23.8 Å². The van der Waals surface area contributed by atoms with Crippen LogP contribution in [0, 0.1) is 5.92 Å². The van der Waals surface area contributed by atoms with Gasteiger partial charge in [-0.25, -0.2) is 4.79 Å². The average molecular weight is 188 g/mol. The zero-order valence-corrected chi connectivity index (χ0v) is 8.75. The largest absolute Gasteiger partial charge is 0.479 e. The smallest absolute Gasteiger partial charge is 0.333 e. The molecule has 13 heavy (non-hydrogen) atoms. The van der Waals surface area contributed by atoms with Crippen LogP contribution in [0.4, 0.5) is 0 Å². The first-order valence-electron chi connectivity index (χ1n) is 5.01. The zero-order valence-electron chi connectivity index (χ0n) is 8.75. The van der Waals surface area contributed by atoms with E-state index in [1.807, 2.05) is 20.8 Å². The summed E-state index contributed by atoms with van der Waals surface area (Å²) < 4.78 is 5.30. The maximum absolute atomic E-state index is 10.8. The molecule has 0 aromatic carbocycles. The van der Waals surface area contributed by atoms with Crippen LogP contribution in [0.1, 0.15) is 40.0 Å². The normalized spacial score (nSPS) is 13.2. The highest BCUT2D eigenvalue weighted by Gasteiger charge is 2.25. The molecule has 0 aliphatic carbocycles. The topological polar surface area (TPSA) is 46.5 Å². The van der Waals surface area contributed by atoms with Gasteiger partial charge in [0.2, 0.25) is 0 Å². The van der Waals surface area contributed by atoms with Crippen LogP contribution in [0.5, 0.6) is 0 Å². The molecule has 0 saturated carbocycles. The predicted molar refractivity (Wildman–Crippen MR) is 51.7 cm³/mol. The average Bonchev–Trinajstić information content (AvgIpc) is 2.11. The Bertz CT molecular complexity index is 141. The molecule has 1 unspecified atom stereocenters. The highest BCUT2D eigenvalue weighted by Crippen LogP contribution is 2.16. The minimum atomic E-state index is -0.831. The second-order valence-corrected chi connectivity index (χ2v) is 3.21. The second-order valence-electron chi connectivity index (χ2n) is 3.21. The Morgan fingerprint density at radius 2 is 1.85 bits per heavy atom. The molecular formula is C10H20O3. The summed E-state index contributed by atoms with van der Waals surface area (Å²) in [4.78, 5) is 10.8. The molecule has 0 saturated heterocycles. The van der Waals surface area contributed by atoms with E-state index in [9.17, 15) is 4.79 Å². The first kappa shape index (κ1) is 12.4. The van der Waals surface area contributed by atoms with Gasteiger partial charge in [-0.1, -0.05) is 33.6 Å². The summed E-state index contributed by atoms with van der Waals surface area (Å²) >= 11 is 0. The van der Waals surface area contributed by atoms with Crippen LogP contribution in [0.25, 0.3) is 0 Å². The first-order chi connectivity index (χ1) is 6.17. The number of ether oxygens (including phenoxy) is 1. The molecule has 3 heteroatoms. The molecule has 0 bridgehead atoms. The van der Waals surface area contributed by atoms with E-state index in [0.29, 0.717) is 6.61 Å². The fourth-order valence-corrected chi connectivity index (χ4v) is 1.37. The fourth-order valence-electron chi connectivity index (χ4n) is 1.37. The van der Waals surface area contributed by atoms with Crippen molar-refractivity contribution in [2.45, 2.75) is 46.1 Å². The molecule has 0 aliphatic rings. The van der Waals surface area contributed by atoms with E-state index in [4.69, 9.17) is 9.84 Å². The van der Waals surface area contributed by atoms with E-state index < -0.39 is 12.1 Å². The minimum absolute atomic E-state index is 0.143. The summed E-state index contributed by atoms with van der Waals surface area (Å²) in [6, 6.07) is 0. The molecule has 0 aromatic heterocycles. The van der Waals surface area contributed by atoms with Gasteiger partial charge in [-0.3, -0.25) is 0 Å². The van der Waals surface area contributed by atoms with Gasteiger partial charge in [0.1, 0.15) is 0 Å². The number of rotatable bonds is 7.